The molecule has 0 unspecified atom stereocenters. The summed E-state index contributed by atoms with van der Waals surface area (Å²) in [5.74, 6) is -0.298. The first kappa shape index (κ1) is 16.2. The van der Waals surface area contributed by atoms with E-state index in [-0.39, 0.29) is 5.97 Å². The summed E-state index contributed by atoms with van der Waals surface area (Å²) >= 11 is 4.73. The van der Waals surface area contributed by atoms with Crippen LogP contribution >= 0.6 is 34.4 Å². The molecule has 2 aromatic heterocycles. The Labute approximate surface area is 147 Å². The fourth-order valence-electron chi connectivity index (χ4n) is 2.25. The Balaban J connectivity index is 2.06. The van der Waals surface area contributed by atoms with E-state index in [1.807, 2.05) is 30.5 Å². The molecule has 3 nitrogen and oxygen atoms in total. The lowest BCUT2D eigenvalue weighted by atomic mass is 10.1. The van der Waals surface area contributed by atoms with Crippen molar-refractivity contribution in [3.8, 4) is 21.8 Å². The number of carbonyl (C=O) groups excluding carboxylic acids is 1. The molecule has 0 radical (unpaired) electrons. The minimum atomic E-state index is -0.298. The second kappa shape index (κ2) is 6.86. The van der Waals surface area contributed by atoms with Gasteiger partial charge in [-0.1, -0.05) is 30.3 Å². The van der Waals surface area contributed by atoms with Gasteiger partial charge in [0, 0.05) is 16.0 Å². The number of aromatic nitrogens is 1. The summed E-state index contributed by atoms with van der Waals surface area (Å²) in [6, 6.07) is 12.0. The van der Waals surface area contributed by atoms with Crippen LogP contribution in [0.5, 0.6) is 0 Å². The van der Waals surface area contributed by atoms with Gasteiger partial charge in [-0.25, -0.2) is 9.78 Å². The van der Waals surface area contributed by atoms with E-state index in [2.05, 4.69) is 19.1 Å². The number of hydrogen-bond acceptors (Lipinski definition) is 6. The first-order valence-corrected chi connectivity index (χ1v) is 9.79. The molecular weight excluding hydrogens is 346 g/mol. The molecule has 0 aliphatic rings. The maximum absolute atomic E-state index is 11.8. The van der Waals surface area contributed by atoms with Crippen LogP contribution in [-0.4, -0.2) is 24.3 Å². The van der Waals surface area contributed by atoms with E-state index < -0.39 is 0 Å². The normalized spacial score (nSPS) is 10.7. The molecular formula is C17H15NO2S3. The third-order valence-electron chi connectivity index (χ3n) is 3.34. The topological polar surface area (TPSA) is 39.2 Å². The van der Waals surface area contributed by atoms with Crippen molar-refractivity contribution in [2.75, 3.05) is 13.4 Å². The van der Waals surface area contributed by atoms with E-state index in [0.717, 1.165) is 26.0 Å². The predicted molar refractivity (Wildman–Crippen MR) is 98.7 cm³/mol. The summed E-state index contributed by atoms with van der Waals surface area (Å²) in [7, 11) is 1.40. The number of carbonyl (C=O) groups is 1. The molecule has 0 spiro atoms. The molecule has 1 aromatic carbocycles. The monoisotopic (exact) mass is 361 g/mol. The number of ether oxygens (including phenoxy) is 1. The van der Waals surface area contributed by atoms with Gasteiger partial charge < -0.3 is 4.74 Å². The lowest BCUT2D eigenvalue weighted by molar-refractivity contribution is 0.0606. The predicted octanol–water partition coefficient (Wildman–Crippen LogP) is 5.36. The number of hydrogen-bond donors (Lipinski definition) is 0. The summed E-state index contributed by atoms with van der Waals surface area (Å²) in [5, 5.41) is 0.942. The van der Waals surface area contributed by atoms with Crippen LogP contribution in [0.4, 0.5) is 0 Å². The number of thioether (sulfide) groups is 1. The summed E-state index contributed by atoms with van der Waals surface area (Å²) < 4.78 is 5.91. The van der Waals surface area contributed by atoms with Gasteiger partial charge in [-0.2, -0.15) is 0 Å². The zero-order valence-electron chi connectivity index (χ0n) is 13.0. The summed E-state index contributed by atoms with van der Waals surface area (Å²) in [5.41, 5.74) is 3.13. The number of benzene rings is 1. The molecule has 0 bridgehead atoms. The Morgan fingerprint density at radius 3 is 2.61 bits per heavy atom. The summed E-state index contributed by atoms with van der Waals surface area (Å²) in [4.78, 5) is 18.4. The number of rotatable bonds is 4. The second-order valence-corrected chi connectivity index (χ2v) is 8.13. The van der Waals surface area contributed by atoms with Crippen molar-refractivity contribution in [1.29, 1.82) is 0 Å². The van der Waals surface area contributed by atoms with Crippen molar-refractivity contribution in [3.63, 3.8) is 0 Å². The minimum absolute atomic E-state index is 0.298. The SMILES string of the molecule is COC(=O)c1cc(-c2nc(-c3ccccc3)c(C)s2)c(SC)s1. The third kappa shape index (κ3) is 3.20. The first-order chi connectivity index (χ1) is 11.1. The van der Waals surface area contributed by atoms with E-state index in [1.165, 1.54) is 23.3 Å². The smallest absolute Gasteiger partial charge is 0.348 e. The highest BCUT2D eigenvalue weighted by Crippen LogP contribution is 2.41. The third-order valence-corrected chi connectivity index (χ3v) is 6.60. The average molecular weight is 362 g/mol. The van der Waals surface area contributed by atoms with Gasteiger partial charge in [-0.05, 0) is 19.2 Å². The van der Waals surface area contributed by atoms with E-state index >= 15 is 0 Å². The molecule has 0 N–H and O–H groups in total. The molecule has 0 aliphatic carbocycles. The van der Waals surface area contributed by atoms with Gasteiger partial charge in [0.15, 0.2) is 0 Å². The van der Waals surface area contributed by atoms with Crippen LogP contribution in [0.25, 0.3) is 21.8 Å². The molecule has 2 heterocycles. The van der Waals surface area contributed by atoms with E-state index in [1.54, 1.807) is 23.1 Å². The van der Waals surface area contributed by atoms with Crippen molar-refractivity contribution < 1.29 is 9.53 Å². The Kier molecular flexibility index (Phi) is 4.84. The van der Waals surface area contributed by atoms with Crippen molar-refractivity contribution in [2.24, 2.45) is 0 Å². The zero-order valence-corrected chi connectivity index (χ0v) is 15.4. The number of esters is 1. The van der Waals surface area contributed by atoms with Crippen molar-refractivity contribution in [2.45, 2.75) is 11.1 Å². The van der Waals surface area contributed by atoms with Crippen LogP contribution in [-0.2, 0) is 4.74 Å². The van der Waals surface area contributed by atoms with Gasteiger partial charge in [-0.3, -0.25) is 0 Å². The lowest BCUT2D eigenvalue weighted by Gasteiger charge is -1.97. The molecule has 23 heavy (non-hydrogen) atoms. The van der Waals surface area contributed by atoms with Crippen LogP contribution in [0.3, 0.4) is 0 Å². The van der Waals surface area contributed by atoms with E-state index in [4.69, 9.17) is 9.72 Å². The fourth-order valence-corrected chi connectivity index (χ4v) is 5.13. The average Bonchev–Trinajstić information content (AvgIpc) is 3.18. The van der Waals surface area contributed by atoms with E-state index in [9.17, 15) is 4.79 Å². The van der Waals surface area contributed by atoms with Crippen molar-refractivity contribution >= 4 is 40.4 Å². The quantitative estimate of drug-likeness (QED) is 0.463. The van der Waals surface area contributed by atoms with Gasteiger partial charge in [0.1, 0.15) is 9.88 Å². The first-order valence-electron chi connectivity index (χ1n) is 6.93. The van der Waals surface area contributed by atoms with Crippen LogP contribution < -0.4 is 0 Å². The second-order valence-electron chi connectivity index (χ2n) is 4.80. The fraction of sp³-hybridized carbons (Fsp3) is 0.176. The minimum Gasteiger partial charge on any atom is -0.465 e. The lowest BCUT2D eigenvalue weighted by Crippen LogP contribution is -1.96. The van der Waals surface area contributed by atoms with Crippen LogP contribution in [0, 0.1) is 6.92 Å². The van der Waals surface area contributed by atoms with Crippen LogP contribution in [0.2, 0.25) is 0 Å². The van der Waals surface area contributed by atoms with Gasteiger partial charge >= 0.3 is 5.97 Å². The van der Waals surface area contributed by atoms with Gasteiger partial charge in [0.25, 0.3) is 0 Å². The molecule has 118 valence electrons. The molecule has 3 aromatic rings. The Morgan fingerprint density at radius 2 is 1.96 bits per heavy atom. The number of thiophene rings is 1. The molecule has 3 rings (SSSR count). The number of nitrogens with zero attached hydrogens (tertiary/aromatic N) is 1. The molecule has 0 amide bonds. The maximum atomic E-state index is 11.8. The van der Waals surface area contributed by atoms with Gasteiger partial charge in [0.2, 0.25) is 0 Å². The Morgan fingerprint density at radius 1 is 1.22 bits per heavy atom. The highest BCUT2D eigenvalue weighted by Gasteiger charge is 2.19. The maximum Gasteiger partial charge on any atom is 0.348 e. The highest BCUT2D eigenvalue weighted by molar-refractivity contribution is 8.00. The molecule has 0 atom stereocenters. The van der Waals surface area contributed by atoms with Gasteiger partial charge in [0.05, 0.1) is 17.0 Å². The van der Waals surface area contributed by atoms with Crippen LogP contribution in [0.15, 0.2) is 40.6 Å². The molecule has 0 saturated carbocycles. The number of aryl methyl sites for hydroxylation is 1. The number of thiazole rings is 1. The molecule has 0 fully saturated rings. The van der Waals surface area contributed by atoms with Crippen molar-refractivity contribution in [1.82, 2.24) is 4.98 Å². The van der Waals surface area contributed by atoms with Crippen molar-refractivity contribution in [3.05, 3.63) is 46.2 Å². The highest BCUT2D eigenvalue weighted by atomic mass is 32.2. The Bertz CT molecular complexity index is 837. The standard InChI is InChI=1S/C17H15NO2S3/c1-10-14(11-7-5-4-6-8-11)18-15(22-10)12-9-13(16(19)20-2)23-17(12)21-3/h4-9H,1-3H3. The largest absolute Gasteiger partial charge is 0.465 e. The molecule has 6 heteroatoms. The zero-order chi connectivity index (χ0) is 16.4. The summed E-state index contributed by atoms with van der Waals surface area (Å²) in [6.07, 6.45) is 2.01. The van der Waals surface area contributed by atoms with Crippen LogP contribution in [0.1, 0.15) is 14.5 Å². The Hall–Kier alpha value is -1.63. The van der Waals surface area contributed by atoms with Gasteiger partial charge in [-0.15, -0.1) is 34.4 Å². The number of methoxy groups -OCH3 is 1. The van der Waals surface area contributed by atoms with E-state index in [0.29, 0.717) is 4.88 Å². The molecule has 0 aliphatic heterocycles. The summed E-state index contributed by atoms with van der Waals surface area (Å²) in [6.45, 7) is 2.08. The molecule has 0 saturated heterocycles.